The average Bonchev–Trinajstić information content (AvgIpc) is 2.60. The maximum Gasteiger partial charge on any atom is 0.267 e. The third-order valence-electron chi connectivity index (χ3n) is 3.79. The lowest BCUT2D eigenvalue weighted by atomic mass is 10.2. The van der Waals surface area contributed by atoms with Crippen molar-refractivity contribution in [2.45, 2.75) is 6.10 Å². The van der Waals surface area contributed by atoms with E-state index in [1.54, 1.807) is 55.6 Å². The quantitative estimate of drug-likeness (QED) is 0.897. The normalized spacial score (nSPS) is 16.6. The number of hydrogen-bond donors (Lipinski definition) is 1. The highest BCUT2D eigenvalue weighted by Gasteiger charge is 2.34. The lowest BCUT2D eigenvalue weighted by Gasteiger charge is -2.33. The molecule has 1 heterocycles. The van der Waals surface area contributed by atoms with Gasteiger partial charge in [-0.3, -0.25) is 9.10 Å². The molecule has 0 bridgehead atoms. The molecule has 1 atom stereocenters. The first-order chi connectivity index (χ1) is 11.9. The first kappa shape index (κ1) is 17.1. The smallest absolute Gasteiger partial charge is 0.267 e. The van der Waals surface area contributed by atoms with Crippen molar-refractivity contribution in [3.05, 3.63) is 48.5 Å². The number of rotatable bonds is 4. The van der Waals surface area contributed by atoms with Gasteiger partial charge in [-0.15, -0.1) is 0 Å². The maximum absolute atomic E-state index is 12.5. The fourth-order valence-corrected chi connectivity index (χ4v) is 3.46. The molecular weight excluding hydrogens is 344 g/mol. The highest BCUT2D eigenvalue weighted by Crippen LogP contribution is 2.34. The zero-order chi connectivity index (χ0) is 18.0. The van der Waals surface area contributed by atoms with Gasteiger partial charge in [0.15, 0.2) is 6.10 Å². The molecule has 2 aromatic rings. The summed E-state index contributed by atoms with van der Waals surface area (Å²) in [5.41, 5.74) is 0.998. The SMILES string of the molecule is COc1ccc(NC(=O)[C@H]2CN(S(C)(=O)=O)c3ccccc3O2)cc1. The number of methoxy groups -OCH3 is 1. The lowest BCUT2D eigenvalue weighted by Crippen LogP contribution is -2.48. The zero-order valence-electron chi connectivity index (χ0n) is 13.8. The van der Waals surface area contributed by atoms with Gasteiger partial charge in [0.1, 0.15) is 11.5 Å². The van der Waals surface area contributed by atoms with E-state index in [1.165, 1.54) is 4.31 Å². The van der Waals surface area contributed by atoms with Crippen LogP contribution in [0.2, 0.25) is 0 Å². The van der Waals surface area contributed by atoms with Crippen molar-refractivity contribution in [3.63, 3.8) is 0 Å². The number of para-hydroxylation sites is 2. The minimum absolute atomic E-state index is 0.0855. The molecule has 0 spiro atoms. The Hall–Kier alpha value is -2.74. The molecule has 2 aromatic carbocycles. The van der Waals surface area contributed by atoms with Crippen molar-refractivity contribution < 1.29 is 22.7 Å². The Morgan fingerprint density at radius 2 is 1.88 bits per heavy atom. The van der Waals surface area contributed by atoms with Gasteiger partial charge in [-0.25, -0.2) is 8.42 Å². The summed E-state index contributed by atoms with van der Waals surface area (Å²) in [6.45, 7) is -0.0855. The van der Waals surface area contributed by atoms with Gasteiger partial charge in [0.25, 0.3) is 5.91 Å². The number of ether oxygens (including phenoxy) is 2. The van der Waals surface area contributed by atoms with Crippen LogP contribution in [0.4, 0.5) is 11.4 Å². The summed E-state index contributed by atoms with van der Waals surface area (Å²) in [6, 6.07) is 13.6. The fraction of sp³-hybridized carbons (Fsp3) is 0.235. The number of amides is 1. The first-order valence-corrected chi connectivity index (χ1v) is 9.41. The van der Waals surface area contributed by atoms with Crippen LogP contribution in [-0.4, -0.2) is 40.3 Å². The third kappa shape index (κ3) is 3.69. The van der Waals surface area contributed by atoms with Crippen molar-refractivity contribution in [3.8, 4) is 11.5 Å². The van der Waals surface area contributed by atoms with Crippen LogP contribution in [0.1, 0.15) is 0 Å². The van der Waals surface area contributed by atoms with E-state index in [1.807, 2.05) is 0 Å². The molecule has 8 heteroatoms. The van der Waals surface area contributed by atoms with Crippen LogP contribution in [0.5, 0.6) is 11.5 Å². The Bertz CT molecular complexity index is 880. The number of nitrogens with one attached hydrogen (secondary N) is 1. The molecule has 0 radical (unpaired) electrons. The second-order valence-electron chi connectivity index (χ2n) is 5.59. The van der Waals surface area contributed by atoms with Crippen LogP contribution in [0.15, 0.2) is 48.5 Å². The number of sulfonamides is 1. The Morgan fingerprint density at radius 1 is 1.20 bits per heavy atom. The Labute approximate surface area is 146 Å². The fourth-order valence-electron chi connectivity index (χ4n) is 2.55. The molecule has 0 saturated carbocycles. The molecule has 7 nitrogen and oxygen atoms in total. The number of fused-ring (bicyclic) bond motifs is 1. The van der Waals surface area contributed by atoms with E-state index in [4.69, 9.17) is 9.47 Å². The summed E-state index contributed by atoms with van der Waals surface area (Å²) < 4.78 is 36.1. The van der Waals surface area contributed by atoms with Crippen LogP contribution >= 0.6 is 0 Å². The van der Waals surface area contributed by atoms with Crippen molar-refractivity contribution in [2.24, 2.45) is 0 Å². The number of carbonyl (C=O) groups is 1. The predicted molar refractivity (Wildman–Crippen MR) is 94.7 cm³/mol. The van der Waals surface area contributed by atoms with Crippen LogP contribution in [0.3, 0.4) is 0 Å². The molecule has 0 unspecified atom stereocenters. The van der Waals surface area contributed by atoms with Gasteiger partial charge in [0.05, 0.1) is 25.6 Å². The Balaban J connectivity index is 1.81. The zero-order valence-corrected chi connectivity index (χ0v) is 14.6. The van der Waals surface area contributed by atoms with Gasteiger partial charge in [0, 0.05) is 5.69 Å². The van der Waals surface area contributed by atoms with E-state index in [9.17, 15) is 13.2 Å². The molecule has 1 amide bonds. The van der Waals surface area contributed by atoms with Crippen molar-refractivity contribution in [1.29, 1.82) is 0 Å². The second kappa shape index (κ2) is 6.64. The van der Waals surface area contributed by atoms with E-state index in [2.05, 4.69) is 5.32 Å². The summed E-state index contributed by atoms with van der Waals surface area (Å²) >= 11 is 0. The van der Waals surface area contributed by atoms with Crippen LogP contribution in [0.25, 0.3) is 0 Å². The number of nitrogens with zero attached hydrogens (tertiary/aromatic N) is 1. The van der Waals surface area contributed by atoms with Gasteiger partial charge < -0.3 is 14.8 Å². The van der Waals surface area contributed by atoms with Crippen LogP contribution in [-0.2, 0) is 14.8 Å². The van der Waals surface area contributed by atoms with E-state index >= 15 is 0 Å². The maximum atomic E-state index is 12.5. The van der Waals surface area contributed by atoms with Gasteiger partial charge in [-0.05, 0) is 36.4 Å². The van der Waals surface area contributed by atoms with Crippen molar-refractivity contribution in [1.82, 2.24) is 0 Å². The van der Waals surface area contributed by atoms with E-state index in [0.717, 1.165) is 6.26 Å². The molecule has 1 aliphatic heterocycles. The van der Waals surface area contributed by atoms with E-state index < -0.39 is 22.0 Å². The predicted octanol–water partition coefficient (Wildman–Crippen LogP) is 1.86. The lowest BCUT2D eigenvalue weighted by molar-refractivity contribution is -0.122. The molecule has 132 valence electrons. The van der Waals surface area contributed by atoms with Gasteiger partial charge in [-0.2, -0.15) is 0 Å². The molecule has 0 fully saturated rings. The van der Waals surface area contributed by atoms with Crippen LogP contribution in [0, 0.1) is 0 Å². The monoisotopic (exact) mass is 362 g/mol. The number of hydrogen-bond acceptors (Lipinski definition) is 5. The minimum atomic E-state index is -3.53. The molecular formula is C17H18N2O5S. The highest BCUT2D eigenvalue weighted by molar-refractivity contribution is 7.92. The number of benzene rings is 2. The van der Waals surface area contributed by atoms with E-state index in [0.29, 0.717) is 22.9 Å². The van der Waals surface area contributed by atoms with Gasteiger partial charge in [0.2, 0.25) is 10.0 Å². The number of anilines is 2. The summed E-state index contributed by atoms with van der Waals surface area (Å²) in [6.07, 6.45) is 0.153. The second-order valence-corrected chi connectivity index (χ2v) is 7.49. The summed E-state index contributed by atoms with van der Waals surface area (Å²) in [5.74, 6) is 0.603. The molecule has 1 N–H and O–H groups in total. The topological polar surface area (TPSA) is 84.9 Å². The van der Waals surface area contributed by atoms with Crippen molar-refractivity contribution in [2.75, 3.05) is 29.5 Å². The summed E-state index contributed by atoms with van der Waals surface area (Å²) in [7, 11) is -1.97. The van der Waals surface area contributed by atoms with Gasteiger partial charge in [-0.1, -0.05) is 12.1 Å². The molecule has 1 aliphatic rings. The first-order valence-electron chi connectivity index (χ1n) is 7.57. The van der Waals surface area contributed by atoms with Crippen molar-refractivity contribution >= 4 is 27.3 Å². The molecule has 0 aliphatic carbocycles. The number of carbonyl (C=O) groups excluding carboxylic acids is 1. The molecule has 25 heavy (non-hydrogen) atoms. The molecule has 0 aromatic heterocycles. The van der Waals surface area contributed by atoms with E-state index in [-0.39, 0.29) is 6.54 Å². The van der Waals surface area contributed by atoms with Gasteiger partial charge >= 0.3 is 0 Å². The Kier molecular flexibility index (Phi) is 4.54. The third-order valence-corrected chi connectivity index (χ3v) is 4.93. The minimum Gasteiger partial charge on any atom is -0.497 e. The largest absolute Gasteiger partial charge is 0.497 e. The highest BCUT2D eigenvalue weighted by atomic mass is 32.2. The van der Waals surface area contributed by atoms with Crippen LogP contribution < -0.4 is 19.1 Å². The summed E-state index contributed by atoms with van der Waals surface area (Å²) in [5, 5.41) is 2.72. The average molecular weight is 362 g/mol. The Morgan fingerprint density at radius 3 is 2.52 bits per heavy atom. The summed E-state index contributed by atoms with van der Waals surface area (Å²) in [4.78, 5) is 12.5. The molecule has 3 rings (SSSR count). The molecule has 0 saturated heterocycles. The standard InChI is InChI=1S/C17H18N2O5S/c1-23-13-9-7-12(8-10-13)18-17(20)16-11-19(25(2,21)22)14-5-3-4-6-15(14)24-16/h3-10,16H,11H2,1-2H3,(H,18,20)/t16-/m1/s1.